The minimum absolute atomic E-state index is 0.0366. The van der Waals surface area contributed by atoms with Crippen LogP contribution in [0.3, 0.4) is 0 Å². The van der Waals surface area contributed by atoms with E-state index in [-0.39, 0.29) is 24.3 Å². The third-order valence-electron chi connectivity index (χ3n) is 3.95. The topological polar surface area (TPSA) is 94.4 Å². The average Bonchev–Trinajstić information content (AvgIpc) is 2.66. The number of hydrogen-bond acceptors (Lipinski definition) is 5. The number of amides is 1. The molecule has 1 atom stereocenters. The second-order valence-corrected chi connectivity index (χ2v) is 5.73. The number of carbonyl (C=O) groups is 1. The number of rotatable bonds is 6. The van der Waals surface area contributed by atoms with Crippen LogP contribution in [0, 0.1) is 10.1 Å². The molecular formula is C19H17N3O4. The molecule has 0 aliphatic carbocycles. The lowest BCUT2D eigenvalue weighted by atomic mass is 10.00. The van der Waals surface area contributed by atoms with E-state index < -0.39 is 10.7 Å². The van der Waals surface area contributed by atoms with E-state index in [1.54, 1.807) is 0 Å². The van der Waals surface area contributed by atoms with E-state index in [1.165, 1.54) is 18.3 Å². The van der Waals surface area contributed by atoms with E-state index in [0.29, 0.717) is 0 Å². The van der Waals surface area contributed by atoms with Crippen LogP contribution in [0.25, 0.3) is 10.8 Å². The molecule has 0 unspecified atom stereocenters. The Morgan fingerprint density at radius 1 is 1.19 bits per heavy atom. The fraction of sp³-hybridized carbons (Fsp3) is 0.158. The SMILES string of the molecule is C[C@H](NC(=O)COc1cccnc1[N+](=O)[O-])c1cccc2ccccc12. The van der Waals surface area contributed by atoms with E-state index in [1.807, 2.05) is 49.4 Å². The third kappa shape index (κ3) is 3.77. The molecule has 0 spiro atoms. The standard InChI is InChI=1S/C19H17N3O4/c1-13(15-9-4-7-14-6-2-3-8-16(14)15)21-18(23)12-26-17-10-5-11-20-19(17)22(24)25/h2-11,13H,12H2,1H3,(H,21,23)/t13-/m0/s1. The first-order valence-corrected chi connectivity index (χ1v) is 8.05. The molecule has 0 fully saturated rings. The first-order valence-electron chi connectivity index (χ1n) is 8.05. The molecule has 0 aliphatic rings. The summed E-state index contributed by atoms with van der Waals surface area (Å²) in [5.74, 6) is -0.823. The van der Waals surface area contributed by atoms with Gasteiger partial charge in [0.25, 0.3) is 5.91 Å². The van der Waals surface area contributed by atoms with E-state index in [2.05, 4.69) is 10.3 Å². The van der Waals surface area contributed by atoms with Gasteiger partial charge < -0.3 is 20.2 Å². The Hall–Kier alpha value is -3.48. The Kier molecular flexibility index (Phi) is 5.07. The minimum Gasteiger partial charge on any atom is -0.476 e. The monoisotopic (exact) mass is 351 g/mol. The maximum Gasteiger partial charge on any atom is 0.406 e. The van der Waals surface area contributed by atoms with Crippen molar-refractivity contribution in [1.82, 2.24) is 10.3 Å². The largest absolute Gasteiger partial charge is 0.476 e. The summed E-state index contributed by atoms with van der Waals surface area (Å²) in [6, 6.07) is 16.5. The van der Waals surface area contributed by atoms with Gasteiger partial charge in [-0.15, -0.1) is 0 Å². The van der Waals surface area contributed by atoms with Gasteiger partial charge in [0.05, 0.1) is 6.04 Å². The van der Waals surface area contributed by atoms with Crippen molar-refractivity contribution in [3.63, 3.8) is 0 Å². The van der Waals surface area contributed by atoms with Crippen LogP contribution in [0.1, 0.15) is 18.5 Å². The molecule has 1 heterocycles. The number of aromatic nitrogens is 1. The Morgan fingerprint density at radius 3 is 2.77 bits per heavy atom. The molecule has 0 saturated carbocycles. The maximum atomic E-state index is 12.2. The molecule has 132 valence electrons. The number of nitrogens with zero attached hydrogens (tertiary/aromatic N) is 2. The van der Waals surface area contributed by atoms with E-state index >= 15 is 0 Å². The average molecular weight is 351 g/mol. The van der Waals surface area contributed by atoms with Crippen LogP contribution in [0.4, 0.5) is 5.82 Å². The number of nitro groups is 1. The highest BCUT2D eigenvalue weighted by molar-refractivity contribution is 5.87. The number of ether oxygens (including phenoxy) is 1. The highest BCUT2D eigenvalue weighted by atomic mass is 16.6. The molecule has 0 aliphatic heterocycles. The summed E-state index contributed by atoms with van der Waals surface area (Å²) in [4.78, 5) is 26.1. The van der Waals surface area contributed by atoms with Gasteiger partial charge in [-0.1, -0.05) is 42.5 Å². The smallest absolute Gasteiger partial charge is 0.406 e. The van der Waals surface area contributed by atoms with Gasteiger partial charge in [0.2, 0.25) is 5.75 Å². The van der Waals surface area contributed by atoms with Crippen LogP contribution in [-0.4, -0.2) is 22.4 Å². The molecule has 0 radical (unpaired) electrons. The molecule has 1 N–H and O–H groups in total. The van der Waals surface area contributed by atoms with E-state index in [4.69, 9.17) is 4.74 Å². The molecular weight excluding hydrogens is 334 g/mol. The lowest BCUT2D eigenvalue weighted by Gasteiger charge is -2.17. The molecule has 1 amide bonds. The molecule has 3 aromatic rings. The van der Waals surface area contributed by atoms with Crippen molar-refractivity contribution < 1.29 is 14.5 Å². The molecule has 3 rings (SSSR count). The first-order chi connectivity index (χ1) is 12.6. The Morgan fingerprint density at radius 2 is 1.96 bits per heavy atom. The van der Waals surface area contributed by atoms with Crippen molar-refractivity contribution in [2.45, 2.75) is 13.0 Å². The Labute approximate surface area is 149 Å². The summed E-state index contributed by atoms with van der Waals surface area (Å²) in [7, 11) is 0. The summed E-state index contributed by atoms with van der Waals surface area (Å²) >= 11 is 0. The van der Waals surface area contributed by atoms with Crippen LogP contribution in [0.5, 0.6) is 5.75 Å². The lowest BCUT2D eigenvalue weighted by Crippen LogP contribution is -2.31. The second-order valence-electron chi connectivity index (χ2n) is 5.73. The zero-order valence-corrected chi connectivity index (χ0v) is 14.1. The summed E-state index contributed by atoms with van der Waals surface area (Å²) in [6.07, 6.45) is 1.30. The molecule has 2 aromatic carbocycles. The van der Waals surface area contributed by atoms with Gasteiger partial charge in [0.1, 0.15) is 6.20 Å². The molecule has 0 saturated heterocycles. The van der Waals surface area contributed by atoms with Crippen LogP contribution in [0.15, 0.2) is 60.8 Å². The highest BCUT2D eigenvalue weighted by Gasteiger charge is 2.18. The van der Waals surface area contributed by atoms with E-state index in [0.717, 1.165) is 16.3 Å². The quantitative estimate of drug-likeness (QED) is 0.542. The second kappa shape index (κ2) is 7.60. The fourth-order valence-electron chi connectivity index (χ4n) is 2.76. The minimum atomic E-state index is -0.647. The van der Waals surface area contributed by atoms with Gasteiger partial charge in [-0.05, 0) is 45.3 Å². The predicted octanol–water partition coefficient (Wildman–Crippen LogP) is 3.40. The van der Waals surface area contributed by atoms with Gasteiger partial charge in [0, 0.05) is 0 Å². The summed E-state index contributed by atoms with van der Waals surface area (Å²) < 4.78 is 5.27. The van der Waals surface area contributed by atoms with Crippen LogP contribution < -0.4 is 10.1 Å². The zero-order chi connectivity index (χ0) is 18.5. The van der Waals surface area contributed by atoms with Crippen LogP contribution >= 0.6 is 0 Å². The van der Waals surface area contributed by atoms with Crippen molar-refractivity contribution in [2.75, 3.05) is 6.61 Å². The van der Waals surface area contributed by atoms with Gasteiger partial charge in [-0.25, -0.2) is 0 Å². The highest BCUT2D eigenvalue weighted by Crippen LogP contribution is 2.25. The zero-order valence-electron chi connectivity index (χ0n) is 14.1. The number of benzene rings is 2. The first kappa shape index (κ1) is 17.3. The van der Waals surface area contributed by atoms with Crippen LogP contribution in [0.2, 0.25) is 0 Å². The van der Waals surface area contributed by atoms with Crippen molar-refractivity contribution >= 4 is 22.5 Å². The molecule has 0 bridgehead atoms. The number of fused-ring (bicyclic) bond motifs is 1. The number of nitrogens with one attached hydrogen (secondary N) is 1. The fourth-order valence-corrected chi connectivity index (χ4v) is 2.76. The molecule has 1 aromatic heterocycles. The lowest BCUT2D eigenvalue weighted by molar-refractivity contribution is -0.390. The normalized spacial score (nSPS) is 11.7. The van der Waals surface area contributed by atoms with Crippen molar-refractivity contribution in [1.29, 1.82) is 0 Å². The third-order valence-corrected chi connectivity index (χ3v) is 3.95. The summed E-state index contributed by atoms with van der Waals surface area (Å²) in [5.41, 5.74) is 0.990. The van der Waals surface area contributed by atoms with Crippen molar-refractivity contribution in [2.24, 2.45) is 0 Å². The number of hydrogen-bond donors (Lipinski definition) is 1. The Bertz CT molecular complexity index is 953. The van der Waals surface area contributed by atoms with Gasteiger partial charge in [-0.2, -0.15) is 0 Å². The molecule has 26 heavy (non-hydrogen) atoms. The predicted molar refractivity (Wildman–Crippen MR) is 96.9 cm³/mol. The maximum absolute atomic E-state index is 12.2. The van der Waals surface area contributed by atoms with Crippen molar-refractivity contribution in [3.8, 4) is 5.75 Å². The summed E-state index contributed by atoms with van der Waals surface area (Å²) in [5, 5.41) is 15.9. The van der Waals surface area contributed by atoms with E-state index in [9.17, 15) is 14.9 Å². The van der Waals surface area contributed by atoms with Gasteiger partial charge in [0.15, 0.2) is 6.61 Å². The van der Waals surface area contributed by atoms with Crippen molar-refractivity contribution in [3.05, 3.63) is 76.5 Å². The van der Waals surface area contributed by atoms with Gasteiger partial charge >= 0.3 is 5.82 Å². The molecule has 7 nitrogen and oxygen atoms in total. The van der Waals surface area contributed by atoms with Crippen LogP contribution in [-0.2, 0) is 4.79 Å². The van der Waals surface area contributed by atoms with Gasteiger partial charge in [-0.3, -0.25) is 4.79 Å². The Balaban J connectivity index is 1.67. The number of carbonyl (C=O) groups excluding carboxylic acids is 1. The molecule has 7 heteroatoms. The number of pyridine rings is 1. The summed E-state index contributed by atoms with van der Waals surface area (Å²) in [6.45, 7) is 1.55.